The normalized spacial score (nSPS) is 6.00. The van der Waals surface area contributed by atoms with E-state index in [-0.39, 0.29) is 17.1 Å². The maximum Gasteiger partial charge on any atom is 0.0437 e. The Morgan fingerprint density at radius 1 is 1.25 bits per heavy atom. The number of halogens is 1. The van der Waals surface area contributed by atoms with Crippen LogP contribution >= 0.6 is 22.9 Å². The van der Waals surface area contributed by atoms with E-state index < -0.39 is 0 Å². The van der Waals surface area contributed by atoms with Gasteiger partial charge in [-0.1, -0.05) is 0 Å². The second kappa shape index (κ2) is 24.2. The van der Waals surface area contributed by atoms with Gasteiger partial charge in [0.05, 0.1) is 0 Å². The van der Waals surface area contributed by atoms with E-state index in [1.54, 1.807) is 22.9 Å². The maximum absolute atomic E-state index is 4.83. The van der Waals surface area contributed by atoms with Crippen LogP contribution in [0.1, 0.15) is 13.8 Å². The second-order valence-corrected chi connectivity index (χ2v) is 0.781. The fourth-order valence-corrected chi connectivity index (χ4v) is 0.204. The standard InChI is InChI=1S/C4H10O.Cu.H2IN/c1-3-5-4-2;;1-2/h3-4H2,1-2H3;;2H2. The summed E-state index contributed by atoms with van der Waals surface area (Å²) in [5.74, 6) is 0. The molecule has 0 bridgehead atoms. The topological polar surface area (TPSA) is 35.2 Å². The summed E-state index contributed by atoms with van der Waals surface area (Å²) in [6.07, 6.45) is 0. The van der Waals surface area contributed by atoms with Crippen molar-refractivity contribution in [1.82, 2.24) is 0 Å². The van der Waals surface area contributed by atoms with Gasteiger partial charge in [0.15, 0.2) is 0 Å². The molecular formula is C4H12CuINO. The molecule has 0 aliphatic carbocycles. The molecule has 0 aliphatic heterocycles. The van der Waals surface area contributed by atoms with Gasteiger partial charge >= 0.3 is 0 Å². The molecular weight excluding hydrogens is 268 g/mol. The SMILES string of the molecule is CCOCC.NI.[Cu]. The number of hydrogen-bond acceptors (Lipinski definition) is 2. The zero-order valence-corrected chi connectivity index (χ0v) is 8.18. The molecule has 0 heterocycles. The Morgan fingerprint density at radius 3 is 1.50 bits per heavy atom. The summed E-state index contributed by atoms with van der Waals surface area (Å²) in [6.45, 7) is 5.67. The fourth-order valence-electron chi connectivity index (χ4n) is 0.204. The molecule has 2 nitrogen and oxygen atoms in total. The number of rotatable bonds is 2. The summed E-state index contributed by atoms with van der Waals surface area (Å²) in [5.41, 5.74) is 0. The third-order valence-corrected chi connectivity index (χ3v) is 0.408. The van der Waals surface area contributed by atoms with Gasteiger partial charge in [0.2, 0.25) is 0 Å². The zero-order chi connectivity index (χ0) is 6.12. The van der Waals surface area contributed by atoms with Gasteiger partial charge in [0.1, 0.15) is 0 Å². The van der Waals surface area contributed by atoms with Crippen molar-refractivity contribution < 1.29 is 21.8 Å². The first kappa shape index (κ1) is 16.1. The van der Waals surface area contributed by atoms with Crippen LogP contribution in [0.2, 0.25) is 0 Å². The molecule has 8 heavy (non-hydrogen) atoms. The Bertz CT molecular complexity index is 23.5. The molecule has 4 heteroatoms. The van der Waals surface area contributed by atoms with Crippen molar-refractivity contribution in [2.75, 3.05) is 13.2 Å². The van der Waals surface area contributed by atoms with Crippen LogP contribution in [0.3, 0.4) is 0 Å². The summed E-state index contributed by atoms with van der Waals surface area (Å²) in [4.78, 5) is 0. The van der Waals surface area contributed by atoms with E-state index in [1.165, 1.54) is 0 Å². The number of hydrogen-bond donors (Lipinski definition) is 1. The fraction of sp³-hybridized carbons (Fsp3) is 1.00. The predicted octanol–water partition coefficient (Wildman–Crippen LogP) is 1.34. The van der Waals surface area contributed by atoms with Crippen LogP contribution in [0, 0.1) is 0 Å². The summed E-state index contributed by atoms with van der Waals surface area (Å²) in [7, 11) is 0. The largest absolute Gasteiger partial charge is 0.382 e. The minimum atomic E-state index is 0. The summed E-state index contributed by atoms with van der Waals surface area (Å²) in [5, 5.41) is 0. The van der Waals surface area contributed by atoms with Gasteiger partial charge in [-0.2, -0.15) is 0 Å². The quantitative estimate of drug-likeness (QED) is 0.471. The molecule has 0 saturated carbocycles. The monoisotopic (exact) mass is 280 g/mol. The van der Waals surface area contributed by atoms with Crippen LogP contribution in [0.25, 0.3) is 0 Å². The molecule has 0 aromatic heterocycles. The molecule has 2 N–H and O–H groups in total. The van der Waals surface area contributed by atoms with E-state index in [0.717, 1.165) is 13.2 Å². The molecule has 0 fully saturated rings. The smallest absolute Gasteiger partial charge is 0.0437 e. The summed E-state index contributed by atoms with van der Waals surface area (Å²) < 4.78 is 9.30. The van der Waals surface area contributed by atoms with E-state index >= 15 is 0 Å². The van der Waals surface area contributed by atoms with Crippen molar-refractivity contribution in [1.29, 1.82) is 0 Å². The molecule has 57 valence electrons. The van der Waals surface area contributed by atoms with Gasteiger partial charge in [-0.25, -0.2) is 0 Å². The van der Waals surface area contributed by atoms with Crippen molar-refractivity contribution in [3.63, 3.8) is 0 Å². The molecule has 0 spiro atoms. The average molecular weight is 281 g/mol. The van der Waals surface area contributed by atoms with Crippen molar-refractivity contribution in [3.05, 3.63) is 0 Å². The van der Waals surface area contributed by atoms with Crippen molar-refractivity contribution >= 4 is 22.9 Å². The van der Waals surface area contributed by atoms with Gasteiger partial charge in [-0.05, 0) is 13.8 Å². The third kappa shape index (κ3) is 27.2. The van der Waals surface area contributed by atoms with Crippen molar-refractivity contribution in [2.24, 2.45) is 3.95 Å². The van der Waals surface area contributed by atoms with Crippen molar-refractivity contribution in [3.8, 4) is 0 Å². The summed E-state index contributed by atoms with van der Waals surface area (Å²) in [6, 6.07) is 0. The zero-order valence-electron chi connectivity index (χ0n) is 5.08. The van der Waals surface area contributed by atoms with E-state index in [9.17, 15) is 0 Å². The molecule has 0 aromatic rings. The van der Waals surface area contributed by atoms with Crippen LogP contribution in [-0.2, 0) is 21.8 Å². The van der Waals surface area contributed by atoms with Crippen LogP contribution in [0.4, 0.5) is 0 Å². The van der Waals surface area contributed by atoms with Gasteiger partial charge in [0, 0.05) is 53.1 Å². The van der Waals surface area contributed by atoms with Crippen LogP contribution in [0.15, 0.2) is 0 Å². The summed E-state index contributed by atoms with van der Waals surface area (Å²) >= 11 is 1.65. The Kier molecular flexibility index (Phi) is 48.5. The van der Waals surface area contributed by atoms with Gasteiger partial charge in [-0.15, -0.1) is 0 Å². The van der Waals surface area contributed by atoms with Gasteiger partial charge < -0.3 is 4.74 Å². The second-order valence-electron chi connectivity index (χ2n) is 0.781. The first-order valence-electron chi connectivity index (χ1n) is 2.21. The third-order valence-electron chi connectivity index (χ3n) is 0.408. The Balaban J connectivity index is -0.0000000750. The number of nitrogens with two attached hydrogens (primary N) is 1. The van der Waals surface area contributed by atoms with Crippen molar-refractivity contribution in [2.45, 2.75) is 13.8 Å². The Hall–Kier alpha value is 1.17. The van der Waals surface area contributed by atoms with E-state index in [2.05, 4.69) is 3.95 Å². The molecule has 0 saturated heterocycles. The Morgan fingerprint density at radius 2 is 1.50 bits per heavy atom. The van der Waals surface area contributed by atoms with E-state index in [4.69, 9.17) is 4.74 Å². The maximum atomic E-state index is 4.83. The van der Waals surface area contributed by atoms with E-state index in [1.807, 2.05) is 13.8 Å². The molecule has 0 unspecified atom stereocenters. The molecule has 0 aliphatic rings. The molecule has 0 rings (SSSR count). The predicted molar refractivity (Wildman–Crippen MR) is 40.4 cm³/mol. The minimum absolute atomic E-state index is 0. The van der Waals surface area contributed by atoms with E-state index in [0.29, 0.717) is 0 Å². The van der Waals surface area contributed by atoms with Crippen LogP contribution < -0.4 is 3.95 Å². The molecule has 0 amide bonds. The van der Waals surface area contributed by atoms with Gasteiger partial charge in [-0.3, -0.25) is 3.95 Å². The number of ether oxygens (including phenoxy) is 1. The first-order valence-corrected chi connectivity index (χ1v) is 3.46. The molecule has 0 atom stereocenters. The van der Waals surface area contributed by atoms with Gasteiger partial charge in [0.25, 0.3) is 0 Å². The Labute approximate surface area is 75.5 Å². The van der Waals surface area contributed by atoms with Crippen LogP contribution in [-0.4, -0.2) is 13.2 Å². The minimum Gasteiger partial charge on any atom is -0.382 e. The average Bonchev–Trinajstić information content (AvgIpc) is 1.75. The first-order chi connectivity index (χ1) is 3.41. The molecule has 0 aromatic carbocycles. The molecule has 1 radical (unpaired) electrons. The van der Waals surface area contributed by atoms with Crippen LogP contribution in [0.5, 0.6) is 0 Å².